The Kier molecular flexibility index (Phi) is 6.36. The highest BCUT2D eigenvalue weighted by molar-refractivity contribution is 9.10. The number of carbonyl (C=O) groups excluding carboxylic acids is 1. The van der Waals surface area contributed by atoms with Crippen LogP contribution in [0.4, 0.5) is 5.69 Å². The fourth-order valence-corrected chi connectivity index (χ4v) is 2.53. The van der Waals surface area contributed by atoms with Crippen molar-refractivity contribution in [3.05, 3.63) is 27.7 Å². The molecular formula is C14H20BrNO2. The molecule has 0 heterocycles. The molecule has 0 saturated heterocycles. The van der Waals surface area contributed by atoms with Gasteiger partial charge in [-0.2, -0.15) is 0 Å². The quantitative estimate of drug-likeness (QED) is 0.811. The highest BCUT2D eigenvalue weighted by atomic mass is 79.9. The van der Waals surface area contributed by atoms with Crippen molar-refractivity contribution in [2.75, 3.05) is 18.5 Å². The van der Waals surface area contributed by atoms with Crippen molar-refractivity contribution < 1.29 is 9.53 Å². The van der Waals surface area contributed by atoms with Gasteiger partial charge in [0.15, 0.2) is 0 Å². The molecule has 0 unspecified atom stereocenters. The van der Waals surface area contributed by atoms with E-state index in [0.29, 0.717) is 19.6 Å². The van der Waals surface area contributed by atoms with Crippen LogP contribution in [-0.2, 0) is 9.53 Å². The predicted molar refractivity (Wildman–Crippen MR) is 78.0 cm³/mol. The Bertz CT molecular complexity index is 395. The van der Waals surface area contributed by atoms with Gasteiger partial charge in [-0.05, 0) is 60.3 Å². The molecule has 1 aromatic rings. The van der Waals surface area contributed by atoms with Gasteiger partial charge in [-0.1, -0.05) is 6.07 Å². The van der Waals surface area contributed by atoms with E-state index in [4.69, 9.17) is 4.74 Å². The van der Waals surface area contributed by atoms with E-state index in [-0.39, 0.29) is 5.91 Å². The third-order valence-electron chi connectivity index (χ3n) is 2.59. The van der Waals surface area contributed by atoms with Gasteiger partial charge in [0.2, 0.25) is 5.91 Å². The van der Waals surface area contributed by atoms with E-state index in [2.05, 4.69) is 27.3 Å². The van der Waals surface area contributed by atoms with Gasteiger partial charge in [-0.25, -0.2) is 0 Å². The molecule has 0 aliphatic carbocycles. The maximum Gasteiger partial charge on any atom is 0.224 e. The number of ether oxygens (including phenoxy) is 1. The Morgan fingerprint density at radius 3 is 2.72 bits per heavy atom. The number of benzene rings is 1. The molecule has 0 bridgehead atoms. The normalized spacial score (nSPS) is 10.4. The second-order valence-corrected chi connectivity index (χ2v) is 5.14. The minimum absolute atomic E-state index is 0.0300. The molecule has 1 aromatic carbocycles. The van der Waals surface area contributed by atoms with Gasteiger partial charge < -0.3 is 10.1 Å². The first-order chi connectivity index (χ1) is 8.54. The third-order valence-corrected chi connectivity index (χ3v) is 3.22. The summed E-state index contributed by atoms with van der Waals surface area (Å²) in [4.78, 5) is 11.8. The van der Waals surface area contributed by atoms with E-state index in [1.54, 1.807) is 0 Å². The molecule has 1 N–H and O–H groups in total. The van der Waals surface area contributed by atoms with Crippen molar-refractivity contribution in [1.82, 2.24) is 0 Å². The van der Waals surface area contributed by atoms with E-state index in [9.17, 15) is 4.79 Å². The average Bonchev–Trinajstić information content (AvgIpc) is 2.29. The number of anilines is 1. The van der Waals surface area contributed by atoms with Crippen LogP contribution in [0.5, 0.6) is 0 Å². The van der Waals surface area contributed by atoms with Crippen LogP contribution in [-0.4, -0.2) is 19.1 Å². The number of rotatable bonds is 6. The fourth-order valence-electron chi connectivity index (χ4n) is 1.76. The summed E-state index contributed by atoms with van der Waals surface area (Å²) in [5.41, 5.74) is 3.11. The zero-order valence-corrected chi connectivity index (χ0v) is 12.8. The Hall–Kier alpha value is -0.870. The van der Waals surface area contributed by atoms with Crippen molar-refractivity contribution in [2.45, 2.75) is 33.6 Å². The standard InChI is InChI=1S/C14H20BrNO2/c1-4-18-7-5-6-13(17)16-14-11(3)8-10(2)9-12(14)15/h8-9H,4-7H2,1-3H3,(H,16,17). The largest absolute Gasteiger partial charge is 0.382 e. The monoisotopic (exact) mass is 313 g/mol. The Balaban J connectivity index is 2.54. The molecule has 0 radical (unpaired) electrons. The first kappa shape index (κ1) is 15.2. The molecule has 0 spiro atoms. The van der Waals surface area contributed by atoms with Crippen LogP contribution in [0, 0.1) is 13.8 Å². The summed E-state index contributed by atoms with van der Waals surface area (Å²) in [7, 11) is 0. The van der Waals surface area contributed by atoms with Gasteiger partial charge in [0.1, 0.15) is 0 Å². The van der Waals surface area contributed by atoms with Crippen LogP contribution < -0.4 is 5.32 Å². The highest BCUT2D eigenvalue weighted by Gasteiger charge is 2.08. The van der Waals surface area contributed by atoms with Crippen molar-refractivity contribution in [2.24, 2.45) is 0 Å². The van der Waals surface area contributed by atoms with Gasteiger partial charge in [-0.3, -0.25) is 4.79 Å². The summed E-state index contributed by atoms with van der Waals surface area (Å²) in [5, 5.41) is 2.94. The molecule has 0 aromatic heterocycles. The Morgan fingerprint density at radius 1 is 1.39 bits per heavy atom. The Morgan fingerprint density at radius 2 is 2.11 bits per heavy atom. The minimum atomic E-state index is 0.0300. The van der Waals surface area contributed by atoms with Crippen LogP contribution in [0.2, 0.25) is 0 Å². The Labute approximate surface area is 117 Å². The number of amides is 1. The number of halogens is 1. The van der Waals surface area contributed by atoms with Crippen molar-refractivity contribution >= 4 is 27.5 Å². The van der Waals surface area contributed by atoms with Gasteiger partial charge in [0, 0.05) is 24.1 Å². The first-order valence-corrected chi connectivity index (χ1v) is 6.98. The van der Waals surface area contributed by atoms with Crippen LogP contribution in [0.3, 0.4) is 0 Å². The summed E-state index contributed by atoms with van der Waals surface area (Å²) in [6, 6.07) is 4.06. The molecule has 1 rings (SSSR count). The topological polar surface area (TPSA) is 38.3 Å². The van der Waals surface area contributed by atoms with E-state index < -0.39 is 0 Å². The fraction of sp³-hybridized carbons (Fsp3) is 0.500. The van der Waals surface area contributed by atoms with E-state index >= 15 is 0 Å². The minimum Gasteiger partial charge on any atom is -0.382 e. The molecule has 0 atom stereocenters. The molecule has 0 aliphatic heterocycles. The lowest BCUT2D eigenvalue weighted by Gasteiger charge is -2.11. The van der Waals surface area contributed by atoms with Gasteiger partial charge >= 0.3 is 0 Å². The lowest BCUT2D eigenvalue weighted by Crippen LogP contribution is -2.13. The SMILES string of the molecule is CCOCCCC(=O)Nc1c(C)cc(C)cc1Br. The molecular weight excluding hydrogens is 294 g/mol. The van der Waals surface area contributed by atoms with Crippen LogP contribution in [0.25, 0.3) is 0 Å². The lowest BCUT2D eigenvalue weighted by molar-refractivity contribution is -0.116. The molecule has 0 fully saturated rings. The second-order valence-electron chi connectivity index (χ2n) is 4.29. The lowest BCUT2D eigenvalue weighted by atomic mass is 10.1. The first-order valence-electron chi connectivity index (χ1n) is 6.19. The molecule has 4 heteroatoms. The number of hydrogen-bond acceptors (Lipinski definition) is 2. The third kappa shape index (κ3) is 4.78. The molecule has 1 amide bonds. The molecule has 18 heavy (non-hydrogen) atoms. The van der Waals surface area contributed by atoms with E-state index in [0.717, 1.165) is 22.1 Å². The van der Waals surface area contributed by atoms with Crippen molar-refractivity contribution in [3.63, 3.8) is 0 Å². The molecule has 100 valence electrons. The molecule has 0 saturated carbocycles. The summed E-state index contributed by atoms with van der Waals surface area (Å²) in [6.07, 6.45) is 1.24. The average molecular weight is 314 g/mol. The van der Waals surface area contributed by atoms with Crippen LogP contribution in [0.1, 0.15) is 30.9 Å². The van der Waals surface area contributed by atoms with Gasteiger partial charge in [-0.15, -0.1) is 0 Å². The number of hydrogen-bond donors (Lipinski definition) is 1. The number of carbonyl (C=O) groups is 1. The summed E-state index contributed by atoms with van der Waals surface area (Å²) >= 11 is 3.48. The second kappa shape index (κ2) is 7.54. The zero-order valence-electron chi connectivity index (χ0n) is 11.2. The molecule has 3 nitrogen and oxygen atoms in total. The van der Waals surface area contributed by atoms with E-state index in [1.807, 2.05) is 26.8 Å². The summed E-state index contributed by atoms with van der Waals surface area (Å²) in [6.45, 7) is 7.31. The van der Waals surface area contributed by atoms with E-state index in [1.165, 1.54) is 5.56 Å². The maximum atomic E-state index is 11.8. The summed E-state index contributed by atoms with van der Waals surface area (Å²) in [5.74, 6) is 0.0300. The van der Waals surface area contributed by atoms with Crippen LogP contribution in [0.15, 0.2) is 16.6 Å². The van der Waals surface area contributed by atoms with Crippen molar-refractivity contribution in [3.8, 4) is 0 Å². The van der Waals surface area contributed by atoms with Gasteiger partial charge in [0.25, 0.3) is 0 Å². The zero-order chi connectivity index (χ0) is 13.5. The van der Waals surface area contributed by atoms with Crippen LogP contribution >= 0.6 is 15.9 Å². The highest BCUT2D eigenvalue weighted by Crippen LogP contribution is 2.27. The van der Waals surface area contributed by atoms with Gasteiger partial charge in [0.05, 0.1) is 5.69 Å². The number of nitrogens with one attached hydrogen (secondary N) is 1. The maximum absolute atomic E-state index is 11.8. The predicted octanol–water partition coefficient (Wildman–Crippen LogP) is 3.82. The number of aryl methyl sites for hydroxylation is 2. The smallest absolute Gasteiger partial charge is 0.224 e. The molecule has 0 aliphatic rings. The summed E-state index contributed by atoms with van der Waals surface area (Å²) < 4.78 is 6.14. The van der Waals surface area contributed by atoms with Crippen molar-refractivity contribution in [1.29, 1.82) is 0 Å².